The second-order valence-electron chi connectivity index (χ2n) is 4.18. The van der Waals surface area contributed by atoms with Crippen LogP contribution in [0, 0.1) is 0 Å². The Kier molecular flexibility index (Phi) is 5.25. The Hall–Kier alpha value is -1.03. The molecule has 1 N–H and O–H groups in total. The van der Waals surface area contributed by atoms with Crippen molar-refractivity contribution < 1.29 is 4.74 Å². The lowest BCUT2D eigenvalue weighted by molar-refractivity contribution is 0.304. The third-order valence-corrected chi connectivity index (χ3v) is 3.71. The maximum Gasteiger partial charge on any atom is 0.134 e. The highest BCUT2D eigenvalue weighted by Gasteiger charge is 2.04. The van der Waals surface area contributed by atoms with Crippen LogP contribution in [0.2, 0.25) is 5.02 Å². The van der Waals surface area contributed by atoms with Crippen molar-refractivity contribution in [2.45, 2.75) is 13.2 Å². The molecule has 0 fully saturated rings. The average Bonchev–Trinajstić information content (AvgIpc) is 2.40. The molecule has 4 heteroatoms. The van der Waals surface area contributed by atoms with Crippen molar-refractivity contribution in [3.63, 3.8) is 0 Å². The van der Waals surface area contributed by atoms with Crippen LogP contribution in [0.5, 0.6) is 5.75 Å². The van der Waals surface area contributed by atoms with Gasteiger partial charge in [0.1, 0.15) is 12.4 Å². The van der Waals surface area contributed by atoms with Crippen LogP contribution in [-0.2, 0) is 13.2 Å². The Morgan fingerprint density at radius 1 is 1.21 bits per heavy atom. The van der Waals surface area contributed by atoms with Crippen LogP contribution in [0.25, 0.3) is 0 Å². The van der Waals surface area contributed by atoms with Gasteiger partial charge in [0.25, 0.3) is 0 Å². The molecule has 0 atom stereocenters. The first-order valence-electron chi connectivity index (χ1n) is 6.00. The quantitative estimate of drug-likeness (QED) is 0.871. The van der Waals surface area contributed by atoms with Gasteiger partial charge in [-0.3, -0.25) is 0 Å². The van der Waals surface area contributed by atoms with Crippen molar-refractivity contribution >= 4 is 27.5 Å². The summed E-state index contributed by atoms with van der Waals surface area (Å²) < 4.78 is 6.74. The average molecular weight is 341 g/mol. The molecule has 0 aliphatic heterocycles. The summed E-state index contributed by atoms with van der Waals surface area (Å²) in [6.45, 7) is 1.30. The lowest BCUT2D eigenvalue weighted by atomic mass is 10.2. The summed E-state index contributed by atoms with van der Waals surface area (Å²) in [6, 6.07) is 13.8. The molecule has 0 unspecified atom stereocenters. The summed E-state index contributed by atoms with van der Waals surface area (Å²) in [5.74, 6) is 0.819. The zero-order chi connectivity index (χ0) is 13.7. The minimum absolute atomic E-state index is 0.462. The highest BCUT2D eigenvalue weighted by molar-refractivity contribution is 9.10. The van der Waals surface area contributed by atoms with Gasteiger partial charge in [-0.2, -0.15) is 0 Å². The molecule has 0 amide bonds. The van der Waals surface area contributed by atoms with Gasteiger partial charge in [-0.15, -0.1) is 0 Å². The number of halogens is 2. The van der Waals surface area contributed by atoms with Gasteiger partial charge in [0.2, 0.25) is 0 Å². The van der Waals surface area contributed by atoms with Gasteiger partial charge in [-0.25, -0.2) is 0 Å². The fourth-order valence-electron chi connectivity index (χ4n) is 1.75. The van der Waals surface area contributed by atoms with E-state index in [9.17, 15) is 0 Å². The van der Waals surface area contributed by atoms with E-state index in [4.69, 9.17) is 16.3 Å². The smallest absolute Gasteiger partial charge is 0.134 e. The molecule has 2 aromatic rings. The van der Waals surface area contributed by atoms with Crippen LogP contribution in [0.3, 0.4) is 0 Å². The van der Waals surface area contributed by atoms with E-state index in [-0.39, 0.29) is 0 Å². The van der Waals surface area contributed by atoms with Crippen LogP contribution in [-0.4, -0.2) is 7.05 Å². The van der Waals surface area contributed by atoms with E-state index in [1.54, 1.807) is 0 Å². The topological polar surface area (TPSA) is 21.3 Å². The van der Waals surface area contributed by atoms with E-state index in [0.29, 0.717) is 6.61 Å². The molecule has 0 aliphatic carbocycles. The van der Waals surface area contributed by atoms with E-state index in [1.807, 2.05) is 43.4 Å². The highest BCUT2D eigenvalue weighted by Crippen LogP contribution is 2.27. The predicted molar refractivity (Wildman–Crippen MR) is 82.7 cm³/mol. The van der Waals surface area contributed by atoms with Gasteiger partial charge in [0.05, 0.1) is 4.47 Å². The molecule has 0 radical (unpaired) electrons. The second kappa shape index (κ2) is 6.94. The van der Waals surface area contributed by atoms with Crippen LogP contribution < -0.4 is 10.1 Å². The molecule has 19 heavy (non-hydrogen) atoms. The van der Waals surface area contributed by atoms with Crippen molar-refractivity contribution in [2.75, 3.05) is 7.05 Å². The van der Waals surface area contributed by atoms with E-state index in [2.05, 4.69) is 27.3 Å². The fourth-order valence-corrected chi connectivity index (χ4v) is 2.48. The number of rotatable bonds is 5. The standard InChI is InChI=1S/C15H15BrClNO/c1-18-9-11-6-7-15(13(16)8-11)19-10-12-4-2-3-5-14(12)17/h2-8,18H,9-10H2,1H3. The minimum atomic E-state index is 0.462. The van der Waals surface area contributed by atoms with E-state index in [1.165, 1.54) is 5.56 Å². The van der Waals surface area contributed by atoms with E-state index < -0.39 is 0 Å². The largest absolute Gasteiger partial charge is 0.488 e. The molecule has 0 aromatic heterocycles. The number of hydrogen-bond donors (Lipinski definition) is 1. The van der Waals surface area contributed by atoms with Crippen LogP contribution in [0.1, 0.15) is 11.1 Å². The summed E-state index contributed by atoms with van der Waals surface area (Å²) in [4.78, 5) is 0. The van der Waals surface area contributed by atoms with Gasteiger partial charge in [0, 0.05) is 17.1 Å². The third kappa shape index (κ3) is 3.96. The van der Waals surface area contributed by atoms with Gasteiger partial charge < -0.3 is 10.1 Å². The molecular formula is C15H15BrClNO. The molecule has 0 saturated heterocycles. The molecule has 0 heterocycles. The van der Waals surface area contributed by atoms with Crippen molar-refractivity contribution in [3.05, 3.63) is 63.1 Å². The number of hydrogen-bond acceptors (Lipinski definition) is 2. The summed E-state index contributed by atoms with van der Waals surface area (Å²) >= 11 is 9.62. The van der Waals surface area contributed by atoms with Crippen LogP contribution in [0.15, 0.2) is 46.9 Å². The van der Waals surface area contributed by atoms with Gasteiger partial charge in [-0.05, 0) is 46.7 Å². The maximum absolute atomic E-state index is 6.10. The first kappa shape index (κ1) is 14.4. The van der Waals surface area contributed by atoms with Crippen LogP contribution in [0.4, 0.5) is 0 Å². The predicted octanol–water partition coefficient (Wildman–Crippen LogP) is 4.40. The fraction of sp³-hybridized carbons (Fsp3) is 0.200. The van der Waals surface area contributed by atoms with Crippen molar-refractivity contribution in [1.82, 2.24) is 5.32 Å². The molecule has 100 valence electrons. The Labute approximate surface area is 126 Å². The normalized spacial score (nSPS) is 10.5. The molecular weight excluding hydrogens is 326 g/mol. The number of nitrogens with one attached hydrogen (secondary N) is 1. The van der Waals surface area contributed by atoms with Crippen molar-refractivity contribution in [2.24, 2.45) is 0 Å². The first-order chi connectivity index (χ1) is 9.20. The number of benzene rings is 2. The summed E-state index contributed by atoms with van der Waals surface area (Å²) in [5, 5.41) is 3.84. The Morgan fingerprint density at radius 2 is 2.00 bits per heavy atom. The molecule has 2 aromatic carbocycles. The summed E-state index contributed by atoms with van der Waals surface area (Å²) in [5.41, 5.74) is 2.19. The minimum Gasteiger partial charge on any atom is -0.488 e. The monoisotopic (exact) mass is 339 g/mol. The Balaban J connectivity index is 2.06. The SMILES string of the molecule is CNCc1ccc(OCc2ccccc2Cl)c(Br)c1. The van der Waals surface area contributed by atoms with Crippen LogP contribution >= 0.6 is 27.5 Å². The maximum atomic E-state index is 6.10. The molecule has 2 rings (SSSR count). The molecule has 0 bridgehead atoms. The van der Waals surface area contributed by atoms with Gasteiger partial charge in [0.15, 0.2) is 0 Å². The van der Waals surface area contributed by atoms with E-state index >= 15 is 0 Å². The second-order valence-corrected chi connectivity index (χ2v) is 5.44. The first-order valence-corrected chi connectivity index (χ1v) is 7.17. The highest BCUT2D eigenvalue weighted by atomic mass is 79.9. The molecule has 0 aliphatic rings. The lowest BCUT2D eigenvalue weighted by Gasteiger charge is -2.10. The lowest BCUT2D eigenvalue weighted by Crippen LogP contribution is -2.05. The zero-order valence-electron chi connectivity index (χ0n) is 10.6. The molecule has 0 saturated carbocycles. The summed E-state index contributed by atoms with van der Waals surface area (Å²) in [7, 11) is 1.93. The third-order valence-electron chi connectivity index (χ3n) is 2.72. The van der Waals surface area contributed by atoms with Gasteiger partial charge >= 0.3 is 0 Å². The number of ether oxygens (including phenoxy) is 1. The Bertz CT molecular complexity index is 560. The van der Waals surface area contributed by atoms with Crippen molar-refractivity contribution in [1.29, 1.82) is 0 Å². The Morgan fingerprint density at radius 3 is 2.68 bits per heavy atom. The summed E-state index contributed by atoms with van der Waals surface area (Å²) in [6.07, 6.45) is 0. The zero-order valence-corrected chi connectivity index (χ0v) is 13.0. The van der Waals surface area contributed by atoms with Gasteiger partial charge in [-0.1, -0.05) is 35.9 Å². The van der Waals surface area contributed by atoms with E-state index in [0.717, 1.165) is 27.4 Å². The molecule has 0 spiro atoms. The van der Waals surface area contributed by atoms with Crippen molar-refractivity contribution in [3.8, 4) is 5.75 Å². The molecule has 2 nitrogen and oxygen atoms in total.